The molecule has 0 saturated carbocycles. The summed E-state index contributed by atoms with van der Waals surface area (Å²) >= 11 is 0.922. The first-order valence-electron chi connectivity index (χ1n) is 6.18. The minimum atomic E-state index is -3.88. The molecule has 1 aliphatic rings. The summed E-state index contributed by atoms with van der Waals surface area (Å²) in [5.74, 6) is -1.23. The first-order valence-corrected chi connectivity index (χ1v) is 8.55. The van der Waals surface area contributed by atoms with Crippen LogP contribution in [-0.2, 0) is 14.8 Å². The molecule has 1 atom stereocenters. The van der Waals surface area contributed by atoms with E-state index in [-0.39, 0.29) is 16.4 Å². The molecule has 0 aromatic carbocycles. The van der Waals surface area contributed by atoms with E-state index in [1.54, 1.807) is 13.8 Å². The molecule has 0 bridgehead atoms. The molecule has 20 heavy (non-hydrogen) atoms. The van der Waals surface area contributed by atoms with Crippen LogP contribution < -0.4 is 4.72 Å². The Morgan fingerprint density at radius 1 is 1.55 bits per heavy atom. The fourth-order valence-electron chi connectivity index (χ4n) is 2.30. The van der Waals surface area contributed by atoms with E-state index in [0.717, 1.165) is 17.8 Å². The van der Waals surface area contributed by atoms with Crippen LogP contribution >= 0.6 is 11.3 Å². The molecule has 2 heterocycles. The van der Waals surface area contributed by atoms with Crippen molar-refractivity contribution in [1.82, 2.24) is 4.72 Å². The highest BCUT2D eigenvalue weighted by Gasteiger charge is 2.36. The number of hydrogen-bond donors (Lipinski definition) is 2. The van der Waals surface area contributed by atoms with Crippen molar-refractivity contribution in [3.05, 3.63) is 15.8 Å². The Morgan fingerprint density at radius 3 is 2.80 bits per heavy atom. The minimum absolute atomic E-state index is 0.137. The van der Waals surface area contributed by atoms with E-state index in [2.05, 4.69) is 4.72 Å². The molecule has 2 rings (SSSR count). The van der Waals surface area contributed by atoms with Gasteiger partial charge in [-0.1, -0.05) is 0 Å². The van der Waals surface area contributed by atoms with Gasteiger partial charge in [0.15, 0.2) is 0 Å². The number of aryl methyl sites for hydroxylation is 1. The summed E-state index contributed by atoms with van der Waals surface area (Å²) in [6, 6.07) is 0. The molecule has 1 aromatic heterocycles. The van der Waals surface area contributed by atoms with E-state index < -0.39 is 21.5 Å². The lowest BCUT2D eigenvalue weighted by Gasteiger charge is -2.33. The van der Waals surface area contributed by atoms with Gasteiger partial charge in [-0.25, -0.2) is 17.9 Å². The lowest BCUT2D eigenvalue weighted by atomic mass is 9.97. The molecule has 6 nitrogen and oxygen atoms in total. The topological polar surface area (TPSA) is 92.7 Å². The van der Waals surface area contributed by atoms with Crippen LogP contribution in [0.4, 0.5) is 0 Å². The Balaban J connectivity index is 2.36. The first-order chi connectivity index (χ1) is 9.25. The van der Waals surface area contributed by atoms with Crippen molar-refractivity contribution in [2.24, 2.45) is 0 Å². The number of carboxylic acid groups (broad SMARTS) is 1. The minimum Gasteiger partial charge on any atom is -0.477 e. The number of aromatic carboxylic acids is 1. The molecule has 0 radical (unpaired) electrons. The van der Waals surface area contributed by atoms with Gasteiger partial charge in [0.25, 0.3) is 0 Å². The van der Waals surface area contributed by atoms with Crippen molar-refractivity contribution in [3.8, 4) is 0 Å². The molecule has 2 N–H and O–H groups in total. The van der Waals surface area contributed by atoms with Gasteiger partial charge in [0.05, 0.1) is 12.1 Å². The molecule has 1 aromatic rings. The highest BCUT2D eigenvalue weighted by molar-refractivity contribution is 7.89. The Kier molecular flexibility index (Phi) is 4.19. The third-order valence-electron chi connectivity index (χ3n) is 3.20. The van der Waals surface area contributed by atoms with E-state index in [1.165, 1.54) is 5.38 Å². The third-order valence-corrected chi connectivity index (χ3v) is 6.24. The van der Waals surface area contributed by atoms with Crippen molar-refractivity contribution in [2.45, 2.75) is 37.1 Å². The molecule has 1 aliphatic heterocycles. The van der Waals surface area contributed by atoms with Crippen LogP contribution in [0.3, 0.4) is 0 Å². The maximum atomic E-state index is 12.5. The number of hydrogen-bond acceptors (Lipinski definition) is 5. The number of sulfonamides is 1. The van der Waals surface area contributed by atoms with Gasteiger partial charge in [-0.3, -0.25) is 0 Å². The van der Waals surface area contributed by atoms with Gasteiger partial charge in [0.2, 0.25) is 10.0 Å². The summed E-state index contributed by atoms with van der Waals surface area (Å²) in [6.45, 7) is 4.27. The molecule has 0 aliphatic carbocycles. The second-order valence-corrected chi connectivity index (χ2v) is 7.70. The second kappa shape index (κ2) is 5.44. The van der Waals surface area contributed by atoms with E-state index in [0.29, 0.717) is 18.6 Å². The Labute approximate surface area is 121 Å². The molecule has 112 valence electrons. The van der Waals surface area contributed by atoms with E-state index in [4.69, 9.17) is 9.84 Å². The molecule has 0 spiro atoms. The van der Waals surface area contributed by atoms with Crippen molar-refractivity contribution < 1.29 is 23.1 Å². The Hall–Kier alpha value is -0.960. The standard InChI is InChI=1S/C12H17NO5S2/c1-8-6-19-9(11(14)15)10(8)20(16,17)13-12(2)4-3-5-18-7-12/h6,13H,3-5,7H2,1-2H3,(H,14,15). The van der Waals surface area contributed by atoms with Gasteiger partial charge >= 0.3 is 5.97 Å². The molecule has 1 saturated heterocycles. The van der Waals surface area contributed by atoms with Crippen LogP contribution in [0.1, 0.15) is 35.0 Å². The third kappa shape index (κ3) is 3.03. The fraction of sp³-hybridized carbons (Fsp3) is 0.583. The summed E-state index contributed by atoms with van der Waals surface area (Å²) in [7, 11) is -3.88. The van der Waals surface area contributed by atoms with E-state index in [9.17, 15) is 13.2 Å². The second-order valence-electron chi connectivity index (χ2n) is 5.20. The average Bonchev–Trinajstić information content (AvgIpc) is 2.71. The molecule has 1 fully saturated rings. The summed E-state index contributed by atoms with van der Waals surface area (Å²) in [6.07, 6.45) is 1.44. The van der Waals surface area contributed by atoms with Crippen LogP contribution in [0, 0.1) is 6.92 Å². The normalized spacial score (nSPS) is 23.7. The maximum absolute atomic E-state index is 12.5. The quantitative estimate of drug-likeness (QED) is 0.879. The van der Waals surface area contributed by atoms with Gasteiger partial charge in [0.1, 0.15) is 9.77 Å². The zero-order valence-electron chi connectivity index (χ0n) is 11.3. The lowest BCUT2D eigenvalue weighted by Crippen LogP contribution is -2.51. The number of ether oxygens (including phenoxy) is 1. The zero-order chi connectivity index (χ0) is 15.0. The van der Waals surface area contributed by atoms with Gasteiger partial charge in [-0.2, -0.15) is 0 Å². The van der Waals surface area contributed by atoms with Crippen LogP contribution in [0.2, 0.25) is 0 Å². The van der Waals surface area contributed by atoms with E-state index >= 15 is 0 Å². The summed E-state index contributed by atoms with van der Waals surface area (Å²) in [5, 5.41) is 10.6. The van der Waals surface area contributed by atoms with Crippen molar-refractivity contribution in [3.63, 3.8) is 0 Å². The Morgan fingerprint density at radius 2 is 2.25 bits per heavy atom. The number of carboxylic acids is 1. The van der Waals surface area contributed by atoms with Crippen molar-refractivity contribution in [2.75, 3.05) is 13.2 Å². The van der Waals surface area contributed by atoms with Crippen LogP contribution in [0.15, 0.2) is 10.3 Å². The summed E-state index contributed by atoms with van der Waals surface area (Å²) in [4.78, 5) is 10.9. The molecule has 8 heteroatoms. The molecule has 1 unspecified atom stereocenters. The SMILES string of the molecule is Cc1csc(C(=O)O)c1S(=O)(=O)NC1(C)CCCOC1. The fourth-order valence-corrected chi connectivity index (χ4v) is 5.36. The monoisotopic (exact) mass is 319 g/mol. The van der Waals surface area contributed by atoms with Gasteiger partial charge in [0, 0.05) is 6.61 Å². The summed E-state index contributed by atoms with van der Waals surface area (Å²) < 4.78 is 32.9. The smallest absolute Gasteiger partial charge is 0.347 e. The maximum Gasteiger partial charge on any atom is 0.347 e. The van der Waals surface area contributed by atoms with Crippen molar-refractivity contribution in [1.29, 1.82) is 0 Å². The number of rotatable bonds is 4. The average molecular weight is 319 g/mol. The van der Waals surface area contributed by atoms with Crippen LogP contribution in [-0.4, -0.2) is 38.2 Å². The molecular formula is C12H17NO5S2. The largest absolute Gasteiger partial charge is 0.477 e. The van der Waals surface area contributed by atoms with Gasteiger partial charge < -0.3 is 9.84 Å². The van der Waals surface area contributed by atoms with Crippen molar-refractivity contribution >= 4 is 27.3 Å². The van der Waals surface area contributed by atoms with Crippen LogP contribution in [0.25, 0.3) is 0 Å². The van der Waals surface area contributed by atoms with Crippen LogP contribution in [0.5, 0.6) is 0 Å². The number of thiophene rings is 1. The molecular weight excluding hydrogens is 302 g/mol. The van der Waals surface area contributed by atoms with E-state index in [1.807, 2.05) is 0 Å². The summed E-state index contributed by atoms with van der Waals surface area (Å²) in [5.41, 5.74) is -0.249. The highest BCUT2D eigenvalue weighted by Crippen LogP contribution is 2.29. The number of nitrogens with one attached hydrogen (secondary N) is 1. The zero-order valence-corrected chi connectivity index (χ0v) is 12.9. The number of carbonyl (C=O) groups is 1. The Bertz CT molecular complexity index is 614. The predicted molar refractivity (Wildman–Crippen MR) is 74.8 cm³/mol. The van der Waals surface area contributed by atoms with Gasteiger partial charge in [-0.05, 0) is 37.6 Å². The predicted octanol–water partition coefficient (Wildman–Crippen LogP) is 1.60. The molecule has 0 amide bonds. The highest BCUT2D eigenvalue weighted by atomic mass is 32.2. The lowest BCUT2D eigenvalue weighted by molar-refractivity contribution is 0.0386. The van der Waals surface area contributed by atoms with Gasteiger partial charge in [-0.15, -0.1) is 11.3 Å². The first kappa shape index (κ1) is 15.4.